The number of carbonyl (C=O) groups is 1. The van der Waals surface area contributed by atoms with Crippen LogP contribution in [0.1, 0.15) is 35.7 Å². The maximum absolute atomic E-state index is 12.7. The Kier molecular flexibility index (Phi) is 7.22. The van der Waals surface area contributed by atoms with E-state index < -0.39 is 22.6 Å². The van der Waals surface area contributed by atoms with Crippen LogP contribution in [0.25, 0.3) is 0 Å². The van der Waals surface area contributed by atoms with E-state index in [-0.39, 0.29) is 22.2 Å². The Bertz CT molecular complexity index is 951. The van der Waals surface area contributed by atoms with Gasteiger partial charge < -0.3 is 5.32 Å². The summed E-state index contributed by atoms with van der Waals surface area (Å²) < 4.78 is 38.1. The van der Waals surface area contributed by atoms with E-state index in [9.17, 15) is 28.1 Å². The number of benzene rings is 2. The minimum absolute atomic E-state index is 0.171. The molecule has 1 saturated heterocycles. The van der Waals surface area contributed by atoms with Gasteiger partial charge in [0.25, 0.3) is 11.6 Å². The molecule has 3 rings (SSSR count). The van der Waals surface area contributed by atoms with Crippen LogP contribution in [0, 0.1) is 10.1 Å². The summed E-state index contributed by atoms with van der Waals surface area (Å²) in [5, 5.41) is 14.4. The summed E-state index contributed by atoms with van der Waals surface area (Å²) in [5.41, 5.74) is -0.889. The molecule has 2 aromatic rings. The summed E-state index contributed by atoms with van der Waals surface area (Å²) >= 11 is 0.972. The second kappa shape index (κ2) is 9.69. The summed E-state index contributed by atoms with van der Waals surface area (Å²) in [6, 6.07) is 8.78. The maximum Gasteiger partial charge on any atom is 0.416 e. The first-order chi connectivity index (χ1) is 14.7. The molecular formula is C21H22F3N3O3S. The van der Waals surface area contributed by atoms with Gasteiger partial charge in [-0.3, -0.25) is 19.8 Å². The predicted molar refractivity (Wildman–Crippen MR) is 111 cm³/mol. The highest BCUT2D eigenvalue weighted by Gasteiger charge is 2.30. The number of hydrogen-bond donors (Lipinski definition) is 1. The largest absolute Gasteiger partial charge is 0.416 e. The molecule has 166 valence electrons. The second-order valence-corrected chi connectivity index (χ2v) is 8.31. The van der Waals surface area contributed by atoms with Crippen molar-refractivity contribution in [3.05, 3.63) is 63.7 Å². The van der Waals surface area contributed by atoms with Crippen molar-refractivity contribution in [1.29, 1.82) is 0 Å². The zero-order valence-electron chi connectivity index (χ0n) is 16.8. The quantitative estimate of drug-likeness (QED) is 0.473. The second-order valence-electron chi connectivity index (χ2n) is 7.20. The zero-order chi connectivity index (χ0) is 22.6. The van der Waals surface area contributed by atoms with Crippen LogP contribution in [-0.4, -0.2) is 41.4 Å². The van der Waals surface area contributed by atoms with Crippen molar-refractivity contribution in [3.63, 3.8) is 0 Å². The average Bonchev–Trinajstić information content (AvgIpc) is 3.19. The highest BCUT2D eigenvalue weighted by molar-refractivity contribution is 7.99. The number of hydrogen-bond acceptors (Lipinski definition) is 5. The van der Waals surface area contributed by atoms with Crippen LogP contribution < -0.4 is 5.32 Å². The van der Waals surface area contributed by atoms with Gasteiger partial charge in [-0.2, -0.15) is 13.2 Å². The fourth-order valence-electron chi connectivity index (χ4n) is 3.58. The normalized spacial score (nSPS) is 17.0. The molecule has 1 N–H and O–H groups in total. The molecule has 0 bridgehead atoms. The lowest BCUT2D eigenvalue weighted by Gasteiger charge is -2.22. The molecule has 0 spiro atoms. The summed E-state index contributed by atoms with van der Waals surface area (Å²) in [4.78, 5) is 26.4. The lowest BCUT2D eigenvalue weighted by Crippen LogP contribution is -2.40. The monoisotopic (exact) mass is 453 g/mol. The highest BCUT2D eigenvalue weighted by Crippen LogP contribution is 2.37. The van der Waals surface area contributed by atoms with Gasteiger partial charge in [-0.05, 0) is 62.3 Å². The van der Waals surface area contributed by atoms with Crippen LogP contribution in [0.3, 0.4) is 0 Å². The average molecular weight is 453 g/mol. The van der Waals surface area contributed by atoms with Crippen molar-refractivity contribution in [3.8, 4) is 0 Å². The van der Waals surface area contributed by atoms with Gasteiger partial charge in [0.15, 0.2) is 0 Å². The molecule has 1 aliphatic rings. The molecule has 0 aromatic heterocycles. The van der Waals surface area contributed by atoms with E-state index in [4.69, 9.17) is 0 Å². The Hall–Kier alpha value is -2.59. The van der Waals surface area contributed by atoms with Crippen molar-refractivity contribution in [2.75, 3.05) is 19.6 Å². The molecule has 31 heavy (non-hydrogen) atoms. The number of nitrogens with one attached hydrogen (secondary N) is 1. The van der Waals surface area contributed by atoms with E-state index in [1.807, 2.05) is 0 Å². The molecule has 1 atom stereocenters. The third-order valence-corrected chi connectivity index (χ3v) is 6.30. The number of nitro groups is 1. The molecule has 2 aromatic carbocycles. The molecule has 1 heterocycles. The van der Waals surface area contributed by atoms with Crippen molar-refractivity contribution < 1.29 is 22.9 Å². The summed E-state index contributed by atoms with van der Waals surface area (Å²) in [6.07, 6.45) is -2.37. The number of nitrogens with zero attached hydrogens (tertiary/aromatic N) is 2. The van der Waals surface area contributed by atoms with E-state index in [2.05, 4.69) is 17.1 Å². The Morgan fingerprint density at radius 3 is 2.58 bits per heavy atom. The number of amides is 1. The number of likely N-dealkylation sites (N-methyl/N-ethyl adjacent to an activating group) is 1. The molecular weight excluding hydrogens is 431 g/mol. The van der Waals surface area contributed by atoms with E-state index in [0.717, 1.165) is 49.8 Å². The van der Waals surface area contributed by atoms with Crippen LogP contribution in [0.4, 0.5) is 18.9 Å². The van der Waals surface area contributed by atoms with Crippen LogP contribution in [0.15, 0.2) is 52.3 Å². The minimum atomic E-state index is -4.45. The molecule has 1 fully saturated rings. The fourth-order valence-corrected chi connectivity index (χ4v) is 4.48. The molecule has 0 radical (unpaired) electrons. The third-order valence-electron chi connectivity index (χ3n) is 5.23. The van der Waals surface area contributed by atoms with Gasteiger partial charge >= 0.3 is 6.18 Å². The van der Waals surface area contributed by atoms with E-state index in [1.54, 1.807) is 0 Å². The SMILES string of the molecule is CCN1CCCC1CNC(=O)c1ccc(Sc2ccc(C(F)(F)F)cc2)c([N+](=O)[O-])c1. The number of halogens is 3. The summed E-state index contributed by atoms with van der Waals surface area (Å²) in [5.74, 6) is -0.392. The van der Waals surface area contributed by atoms with Crippen molar-refractivity contribution in [1.82, 2.24) is 10.2 Å². The topological polar surface area (TPSA) is 75.5 Å². The number of carbonyl (C=O) groups excluding carboxylic acids is 1. The number of alkyl halides is 3. The first-order valence-electron chi connectivity index (χ1n) is 9.85. The number of rotatable bonds is 7. The van der Waals surface area contributed by atoms with Gasteiger partial charge in [-0.25, -0.2) is 0 Å². The fraction of sp³-hybridized carbons (Fsp3) is 0.381. The third kappa shape index (κ3) is 5.76. The Balaban J connectivity index is 1.72. The standard InChI is InChI=1S/C21H22F3N3O3S/c1-2-26-11-3-4-16(26)13-25-20(28)14-5-10-19(18(12-14)27(29)30)31-17-8-6-15(7-9-17)21(22,23)24/h5-10,12,16H,2-4,11,13H2,1H3,(H,25,28). The van der Waals surface area contributed by atoms with Gasteiger partial charge in [-0.1, -0.05) is 18.7 Å². The highest BCUT2D eigenvalue weighted by atomic mass is 32.2. The van der Waals surface area contributed by atoms with Crippen molar-refractivity contribution >= 4 is 23.4 Å². The molecule has 0 aliphatic carbocycles. The van der Waals surface area contributed by atoms with Crippen molar-refractivity contribution in [2.24, 2.45) is 0 Å². The number of nitro benzene ring substituents is 1. The van der Waals surface area contributed by atoms with Crippen LogP contribution >= 0.6 is 11.8 Å². The zero-order valence-corrected chi connectivity index (χ0v) is 17.6. The maximum atomic E-state index is 12.7. The Morgan fingerprint density at radius 2 is 1.97 bits per heavy atom. The lowest BCUT2D eigenvalue weighted by molar-refractivity contribution is -0.387. The van der Waals surface area contributed by atoms with E-state index >= 15 is 0 Å². The predicted octanol–water partition coefficient (Wildman–Crippen LogP) is 4.98. The van der Waals surface area contributed by atoms with Crippen LogP contribution in [0.5, 0.6) is 0 Å². The first-order valence-corrected chi connectivity index (χ1v) is 10.7. The first kappa shape index (κ1) is 23.1. The Labute approximate surface area is 182 Å². The van der Waals surface area contributed by atoms with Gasteiger partial charge in [0, 0.05) is 29.1 Å². The molecule has 1 unspecified atom stereocenters. The van der Waals surface area contributed by atoms with Crippen LogP contribution in [0.2, 0.25) is 0 Å². The molecule has 1 aliphatic heterocycles. The molecule has 10 heteroatoms. The summed E-state index contributed by atoms with van der Waals surface area (Å²) in [6.45, 7) is 4.44. The van der Waals surface area contributed by atoms with E-state index in [0.29, 0.717) is 11.4 Å². The summed E-state index contributed by atoms with van der Waals surface area (Å²) in [7, 11) is 0. The molecule has 0 saturated carbocycles. The van der Waals surface area contributed by atoms with E-state index in [1.165, 1.54) is 30.3 Å². The van der Waals surface area contributed by atoms with Crippen LogP contribution in [-0.2, 0) is 6.18 Å². The number of likely N-dealkylation sites (tertiary alicyclic amines) is 1. The van der Waals surface area contributed by atoms with Gasteiger partial charge in [0.2, 0.25) is 0 Å². The van der Waals surface area contributed by atoms with Gasteiger partial charge in [0.05, 0.1) is 15.4 Å². The van der Waals surface area contributed by atoms with Crippen molar-refractivity contribution in [2.45, 2.75) is 41.8 Å². The van der Waals surface area contributed by atoms with Gasteiger partial charge in [0.1, 0.15) is 0 Å². The Morgan fingerprint density at radius 1 is 1.26 bits per heavy atom. The lowest BCUT2D eigenvalue weighted by atomic mass is 10.1. The molecule has 6 nitrogen and oxygen atoms in total. The van der Waals surface area contributed by atoms with Gasteiger partial charge in [-0.15, -0.1) is 0 Å². The molecule has 1 amide bonds. The smallest absolute Gasteiger partial charge is 0.350 e. The minimum Gasteiger partial charge on any atom is -0.350 e.